The molecule has 0 bridgehead atoms. The molecule has 7 aromatic rings. The fourth-order valence-electron chi connectivity index (χ4n) is 6.55. The first kappa shape index (κ1) is 53.8. The Bertz CT molecular complexity index is 4300. The largest absolute Gasteiger partial charge is 0.505 e. The van der Waals surface area contributed by atoms with Gasteiger partial charge in [0.15, 0.2) is 15.6 Å². The maximum absolute atomic E-state index is 12.7. The van der Waals surface area contributed by atoms with Gasteiger partial charge in [0.1, 0.15) is 31.7 Å². The monoisotopic (exact) mass is 1140 g/mol. The van der Waals surface area contributed by atoms with Gasteiger partial charge in [-0.05, 0) is 83.0 Å². The number of benzene rings is 6. The Morgan fingerprint density at radius 1 is 0.644 bits per heavy atom. The summed E-state index contributed by atoms with van der Waals surface area (Å²) in [7, 11) is -29.8. The quantitative estimate of drug-likeness (QED) is 0.0330. The first-order valence-corrected chi connectivity index (χ1v) is 28.4. The van der Waals surface area contributed by atoms with Gasteiger partial charge in [-0.15, -0.1) is 15.3 Å². The zero-order valence-electron chi connectivity index (χ0n) is 35.6. The van der Waals surface area contributed by atoms with Crippen molar-refractivity contribution in [1.82, 2.24) is 15.0 Å². The molecule has 36 heteroatoms. The van der Waals surface area contributed by atoms with Crippen LogP contribution in [-0.4, -0.2) is 106 Å². The van der Waals surface area contributed by atoms with Gasteiger partial charge in [0.25, 0.3) is 40.5 Å². The smallest absolute Gasteiger partial charge is 0.397 e. The van der Waals surface area contributed by atoms with E-state index in [1.165, 1.54) is 24.3 Å². The highest BCUT2D eigenvalue weighted by molar-refractivity contribution is 7.91. The predicted octanol–water partition coefficient (Wildman–Crippen LogP) is 5.44. The number of nitrogens with zero attached hydrogens (tertiary/aromatic N) is 7. The average Bonchev–Trinajstić information content (AvgIpc) is 3.26. The standard InChI is InChI=1S/C37H29ClN10O19S6/c38-35-42-36(40-26-16-24(39)29(70(55,56)57)17-27(26)47-45-20-6-8-21(9-7-20)68(50,51)12-11-67-73(64,65)66)44-37(43-35)41-28-15-22(69(52,53)54)13-19-14-30(71(58,59)60)32(33(49)31(19)28)48-46-25-10-5-18-3-1-2-4-23(18)34(25)72(61,62)63/h1-10,13-17,49H,11-12,39H2,(H,52,53,54)(H,55,56,57)(H,58,59,60)(H,61,62,63)(H,64,65,66)(H2,40,41,42,43,44). The van der Waals surface area contributed by atoms with Crippen LogP contribution in [0.25, 0.3) is 21.5 Å². The third kappa shape index (κ3) is 12.6. The van der Waals surface area contributed by atoms with Crippen molar-refractivity contribution in [2.45, 2.75) is 24.5 Å². The average molecular weight is 1150 g/mol. The second-order valence-corrected chi connectivity index (χ2v) is 23.7. The number of rotatable bonds is 16. The number of nitrogen functional groups attached to an aromatic ring is 1. The Hall–Kier alpha value is -7.00. The zero-order chi connectivity index (χ0) is 53.6. The fraction of sp³-hybridized carbons (Fsp3) is 0.0541. The number of hydrogen-bond acceptors (Lipinski definition) is 23. The van der Waals surface area contributed by atoms with Crippen LogP contribution in [0.3, 0.4) is 0 Å². The first-order valence-electron chi connectivity index (χ1n) is 19.2. The number of azo groups is 2. The van der Waals surface area contributed by atoms with E-state index in [-0.39, 0.29) is 21.7 Å². The molecule has 6 aromatic carbocycles. The van der Waals surface area contributed by atoms with Crippen LogP contribution in [0.2, 0.25) is 5.28 Å². The summed E-state index contributed by atoms with van der Waals surface area (Å²) >= 11 is 6.26. The van der Waals surface area contributed by atoms with Crippen molar-refractivity contribution in [3.05, 3.63) is 102 Å². The molecule has 0 spiro atoms. The molecule has 0 radical (unpaired) electrons. The number of nitrogens with two attached hydrogens (primary N) is 1. The van der Waals surface area contributed by atoms with E-state index in [0.717, 1.165) is 42.5 Å². The van der Waals surface area contributed by atoms with Gasteiger partial charge < -0.3 is 16.2 Å². The number of anilines is 3. The number of aromatic nitrogens is 3. The van der Waals surface area contributed by atoms with Crippen molar-refractivity contribution < 1.29 is 82.6 Å². The molecule has 0 amide bonds. The molecule has 0 aliphatic rings. The van der Waals surface area contributed by atoms with Gasteiger partial charge in [-0.2, -0.15) is 57.2 Å². The van der Waals surface area contributed by atoms with Gasteiger partial charge in [-0.3, -0.25) is 27.7 Å². The lowest BCUT2D eigenvalue weighted by Gasteiger charge is -2.13. The normalized spacial score (nSPS) is 13.4. The molecule has 0 saturated carbocycles. The van der Waals surface area contributed by atoms with Crippen molar-refractivity contribution in [3.63, 3.8) is 0 Å². The van der Waals surface area contributed by atoms with Crippen LogP contribution in [0, 0.1) is 0 Å². The van der Waals surface area contributed by atoms with E-state index in [1.54, 1.807) is 6.07 Å². The molecule has 0 fully saturated rings. The molecular weight excluding hydrogens is 1120 g/mol. The lowest BCUT2D eigenvalue weighted by atomic mass is 10.1. The number of phenolic OH excluding ortho intramolecular Hbond substituents is 1. The van der Waals surface area contributed by atoms with E-state index < -0.39 is 154 Å². The molecule has 73 heavy (non-hydrogen) atoms. The molecule has 0 unspecified atom stereocenters. The van der Waals surface area contributed by atoms with Gasteiger partial charge >= 0.3 is 10.4 Å². The summed E-state index contributed by atoms with van der Waals surface area (Å²) in [6.07, 6.45) is 0. The Labute approximate surface area is 415 Å². The van der Waals surface area contributed by atoms with Crippen molar-refractivity contribution in [2.75, 3.05) is 23.4 Å². The molecule has 0 aliphatic carbocycles. The SMILES string of the molecule is Nc1cc(Nc2nc(Cl)[nH]c(=Nc3cc(S(=O)(=O)O)cc4cc(S(=O)(=O)O)c(N=Nc5ccc6ccccc6c5S(=O)(=O)O)c(O)c34)n2)c(N=Nc2ccc(S(=O)(=O)CCOS(=O)(=O)O)cc2)cc1S(=O)(=O)O. The number of aromatic amines is 1. The summed E-state index contributed by atoms with van der Waals surface area (Å²) in [4.78, 5) is 10.5. The third-order valence-electron chi connectivity index (χ3n) is 9.62. The Morgan fingerprint density at radius 3 is 1.93 bits per heavy atom. The zero-order valence-corrected chi connectivity index (χ0v) is 41.3. The number of hydrogen-bond donors (Lipinski definition) is 9. The molecule has 384 valence electrons. The van der Waals surface area contributed by atoms with Crippen LogP contribution in [0.1, 0.15) is 0 Å². The number of halogens is 1. The number of fused-ring (bicyclic) bond motifs is 2. The number of aromatic hydroxyl groups is 1. The summed E-state index contributed by atoms with van der Waals surface area (Å²) < 4.78 is 200. The highest BCUT2D eigenvalue weighted by Gasteiger charge is 2.27. The van der Waals surface area contributed by atoms with Crippen molar-refractivity contribution in [3.8, 4) is 5.75 Å². The van der Waals surface area contributed by atoms with Gasteiger partial charge in [0, 0.05) is 5.39 Å². The maximum Gasteiger partial charge on any atom is 0.397 e. The van der Waals surface area contributed by atoms with E-state index >= 15 is 0 Å². The van der Waals surface area contributed by atoms with Crippen LogP contribution in [-0.2, 0) is 64.9 Å². The second kappa shape index (κ2) is 19.8. The lowest BCUT2D eigenvalue weighted by Crippen LogP contribution is -2.16. The maximum atomic E-state index is 12.7. The topological polar surface area (TPSA) is 477 Å². The van der Waals surface area contributed by atoms with Crippen LogP contribution < -0.4 is 16.7 Å². The van der Waals surface area contributed by atoms with Crippen molar-refractivity contribution in [2.24, 2.45) is 25.4 Å². The van der Waals surface area contributed by atoms with E-state index in [0.29, 0.717) is 23.6 Å². The molecule has 10 N–H and O–H groups in total. The Kier molecular flexibility index (Phi) is 14.6. The minimum Gasteiger partial charge on any atom is -0.505 e. The third-order valence-corrected chi connectivity index (χ3v) is 15.5. The second-order valence-electron chi connectivity index (χ2n) is 14.5. The molecule has 0 saturated heterocycles. The summed E-state index contributed by atoms with van der Waals surface area (Å²) in [6, 6.07) is 16.2. The van der Waals surface area contributed by atoms with Crippen LogP contribution in [0.15, 0.2) is 141 Å². The summed E-state index contributed by atoms with van der Waals surface area (Å²) in [5.74, 6) is -2.60. The van der Waals surface area contributed by atoms with E-state index in [4.69, 9.17) is 21.9 Å². The highest BCUT2D eigenvalue weighted by Crippen LogP contribution is 2.46. The molecule has 29 nitrogen and oxygen atoms in total. The van der Waals surface area contributed by atoms with E-state index in [9.17, 15) is 73.8 Å². The van der Waals surface area contributed by atoms with Crippen LogP contribution in [0.4, 0.5) is 45.8 Å². The van der Waals surface area contributed by atoms with Crippen LogP contribution >= 0.6 is 11.6 Å². The van der Waals surface area contributed by atoms with E-state index in [1.807, 2.05) is 0 Å². The van der Waals surface area contributed by atoms with Gasteiger partial charge in [-0.25, -0.2) is 17.6 Å². The van der Waals surface area contributed by atoms with Crippen LogP contribution in [0.5, 0.6) is 5.75 Å². The minimum absolute atomic E-state index is 0.0431. The predicted molar refractivity (Wildman–Crippen MR) is 254 cm³/mol. The van der Waals surface area contributed by atoms with E-state index in [2.05, 4.69) is 49.9 Å². The molecule has 0 atom stereocenters. The summed E-state index contributed by atoms with van der Waals surface area (Å²) in [6.45, 7) is -0.910. The first-order chi connectivity index (χ1) is 33.8. The summed E-state index contributed by atoms with van der Waals surface area (Å²) in [5, 5.41) is 28.3. The number of phenols is 1. The van der Waals surface area contributed by atoms with Gasteiger partial charge in [0.2, 0.25) is 16.9 Å². The number of sulfone groups is 1. The fourth-order valence-corrected chi connectivity index (χ4v) is 10.9. The molecule has 0 aliphatic heterocycles. The Morgan fingerprint density at radius 2 is 1.30 bits per heavy atom. The Balaban J connectivity index is 1.34. The van der Waals surface area contributed by atoms with Crippen molar-refractivity contribution in [1.29, 1.82) is 0 Å². The van der Waals surface area contributed by atoms with Gasteiger partial charge in [0.05, 0.1) is 50.3 Å². The molecule has 1 aromatic heterocycles. The van der Waals surface area contributed by atoms with Crippen molar-refractivity contribution >= 4 is 140 Å². The number of H-pyrrole nitrogens is 1. The lowest BCUT2D eigenvalue weighted by molar-refractivity contribution is 0.284. The molecular formula is C37H29ClN10O19S6. The molecule has 1 heterocycles. The highest BCUT2D eigenvalue weighted by atomic mass is 35.5. The van der Waals surface area contributed by atoms with Gasteiger partial charge in [-0.1, -0.05) is 30.3 Å². The summed E-state index contributed by atoms with van der Waals surface area (Å²) in [5.41, 5.74) is 1.65. The number of nitrogens with one attached hydrogen (secondary N) is 2. The minimum atomic E-state index is -5.43. The molecule has 7 rings (SSSR count).